The zero-order valence-electron chi connectivity index (χ0n) is 7.34. The van der Waals surface area contributed by atoms with Crippen LogP contribution in [0.1, 0.15) is 39.0 Å². The highest BCUT2D eigenvalue weighted by Crippen LogP contribution is 2.30. The summed E-state index contributed by atoms with van der Waals surface area (Å²) < 4.78 is 0. The minimum absolute atomic E-state index is 0.133. The molecule has 0 radical (unpaired) electrons. The van der Waals surface area contributed by atoms with Crippen LogP contribution in [0.15, 0.2) is 12.2 Å². The monoisotopic (exact) mass is 154 g/mol. The summed E-state index contributed by atoms with van der Waals surface area (Å²) in [7, 11) is 0. The normalized spacial score (nSPS) is 28.5. The van der Waals surface area contributed by atoms with Crippen molar-refractivity contribution in [2.75, 3.05) is 0 Å². The van der Waals surface area contributed by atoms with Crippen molar-refractivity contribution in [3.63, 3.8) is 0 Å². The van der Waals surface area contributed by atoms with Crippen LogP contribution in [0.4, 0.5) is 0 Å². The number of aliphatic hydroxyl groups is 1. The molecule has 0 amide bonds. The van der Waals surface area contributed by atoms with E-state index in [9.17, 15) is 0 Å². The fourth-order valence-corrected chi connectivity index (χ4v) is 1.94. The molecule has 0 spiro atoms. The first-order chi connectivity index (χ1) is 5.18. The molecule has 0 aromatic rings. The lowest BCUT2D eigenvalue weighted by atomic mass is 9.83. The van der Waals surface area contributed by atoms with Gasteiger partial charge in [-0.2, -0.15) is 0 Å². The Kier molecular flexibility index (Phi) is 3.13. The standard InChI is InChI=1S/C10H18O/c1-8-4-3-5-10(6-8)7-9(2)11/h9-11H,1,3-7H2,2H3. The van der Waals surface area contributed by atoms with Crippen molar-refractivity contribution in [2.24, 2.45) is 5.92 Å². The lowest BCUT2D eigenvalue weighted by Crippen LogP contribution is -2.14. The van der Waals surface area contributed by atoms with Gasteiger partial charge < -0.3 is 5.11 Å². The Bertz CT molecular complexity index is 138. The molecule has 0 aromatic carbocycles. The highest BCUT2D eigenvalue weighted by molar-refractivity contribution is 4.99. The van der Waals surface area contributed by atoms with Gasteiger partial charge in [0.25, 0.3) is 0 Å². The predicted octanol–water partition coefficient (Wildman–Crippen LogP) is 2.50. The first-order valence-corrected chi connectivity index (χ1v) is 4.53. The van der Waals surface area contributed by atoms with E-state index in [1.807, 2.05) is 6.92 Å². The minimum Gasteiger partial charge on any atom is -0.393 e. The molecule has 1 N–H and O–H groups in total. The molecule has 11 heavy (non-hydrogen) atoms. The lowest BCUT2D eigenvalue weighted by Gasteiger charge is -2.24. The topological polar surface area (TPSA) is 20.2 Å². The van der Waals surface area contributed by atoms with E-state index in [0.717, 1.165) is 12.8 Å². The molecule has 1 aliphatic carbocycles. The van der Waals surface area contributed by atoms with Crippen molar-refractivity contribution in [1.29, 1.82) is 0 Å². The van der Waals surface area contributed by atoms with Gasteiger partial charge >= 0.3 is 0 Å². The predicted molar refractivity (Wildman–Crippen MR) is 47.4 cm³/mol. The summed E-state index contributed by atoms with van der Waals surface area (Å²) in [5.41, 5.74) is 1.38. The molecule has 0 heterocycles. The van der Waals surface area contributed by atoms with E-state index >= 15 is 0 Å². The maximum atomic E-state index is 9.16. The molecule has 1 aliphatic rings. The van der Waals surface area contributed by atoms with E-state index in [0.29, 0.717) is 5.92 Å². The van der Waals surface area contributed by atoms with Crippen LogP contribution in [0, 0.1) is 5.92 Å². The van der Waals surface area contributed by atoms with Gasteiger partial charge in [-0.25, -0.2) is 0 Å². The number of hydrogen-bond acceptors (Lipinski definition) is 1. The molecule has 0 bridgehead atoms. The van der Waals surface area contributed by atoms with E-state index in [1.165, 1.54) is 24.8 Å². The van der Waals surface area contributed by atoms with E-state index in [2.05, 4.69) is 6.58 Å². The number of aliphatic hydroxyl groups excluding tert-OH is 1. The van der Waals surface area contributed by atoms with Crippen molar-refractivity contribution in [3.8, 4) is 0 Å². The van der Waals surface area contributed by atoms with Crippen LogP contribution < -0.4 is 0 Å². The maximum absolute atomic E-state index is 9.16. The van der Waals surface area contributed by atoms with Crippen LogP contribution in [-0.2, 0) is 0 Å². The van der Waals surface area contributed by atoms with Crippen molar-refractivity contribution in [1.82, 2.24) is 0 Å². The molecule has 1 nitrogen and oxygen atoms in total. The Balaban J connectivity index is 2.28. The first kappa shape index (κ1) is 8.79. The van der Waals surface area contributed by atoms with Crippen LogP contribution in [0.5, 0.6) is 0 Å². The quantitative estimate of drug-likeness (QED) is 0.606. The average molecular weight is 154 g/mol. The highest BCUT2D eigenvalue weighted by atomic mass is 16.3. The molecule has 1 heteroatoms. The highest BCUT2D eigenvalue weighted by Gasteiger charge is 2.16. The third-order valence-corrected chi connectivity index (χ3v) is 2.39. The van der Waals surface area contributed by atoms with Crippen molar-refractivity contribution in [2.45, 2.75) is 45.1 Å². The lowest BCUT2D eigenvalue weighted by molar-refractivity contribution is 0.153. The molecule has 1 saturated carbocycles. The molecule has 0 aliphatic heterocycles. The Morgan fingerprint density at radius 2 is 2.45 bits per heavy atom. The van der Waals surface area contributed by atoms with Crippen molar-refractivity contribution in [3.05, 3.63) is 12.2 Å². The van der Waals surface area contributed by atoms with Crippen LogP contribution >= 0.6 is 0 Å². The Labute approximate surface area is 69.1 Å². The SMILES string of the molecule is C=C1CCCC(CC(C)O)C1. The fourth-order valence-electron chi connectivity index (χ4n) is 1.94. The summed E-state index contributed by atoms with van der Waals surface area (Å²) in [6.45, 7) is 5.86. The van der Waals surface area contributed by atoms with Gasteiger partial charge in [-0.15, -0.1) is 0 Å². The second-order valence-electron chi connectivity index (χ2n) is 3.80. The smallest absolute Gasteiger partial charge is 0.0514 e. The Morgan fingerprint density at radius 3 is 3.00 bits per heavy atom. The number of allylic oxidation sites excluding steroid dienone is 1. The Morgan fingerprint density at radius 1 is 1.73 bits per heavy atom. The van der Waals surface area contributed by atoms with Crippen LogP contribution in [0.3, 0.4) is 0 Å². The second-order valence-corrected chi connectivity index (χ2v) is 3.80. The molecule has 1 rings (SSSR count). The summed E-state index contributed by atoms with van der Waals surface area (Å²) in [5.74, 6) is 0.705. The third-order valence-electron chi connectivity index (χ3n) is 2.39. The van der Waals surface area contributed by atoms with Gasteiger partial charge in [0.1, 0.15) is 0 Å². The number of hydrogen-bond donors (Lipinski definition) is 1. The van der Waals surface area contributed by atoms with E-state index in [4.69, 9.17) is 5.11 Å². The average Bonchev–Trinajstić information content (AvgIpc) is 1.85. The van der Waals surface area contributed by atoms with E-state index in [1.54, 1.807) is 0 Å². The Hall–Kier alpha value is -0.300. The zero-order valence-corrected chi connectivity index (χ0v) is 7.34. The van der Waals surface area contributed by atoms with Gasteiger partial charge in [-0.1, -0.05) is 12.2 Å². The first-order valence-electron chi connectivity index (χ1n) is 4.53. The fraction of sp³-hybridized carbons (Fsp3) is 0.800. The van der Waals surface area contributed by atoms with E-state index in [-0.39, 0.29) is 6.10 Å². The number of rotatable bonds is 2. The minimum atomic E-state index is -0.133. The molecule has 64 valence electrons. The van der Waals surface area contributed by atoms with Gasteiger partial charge in [0.05, 0.1) is 6.10 Å². The van der Waals surface area contributed by atoms with Gasteiger partial charge in [-0.3, -0.25) is 0 Å². The molecular weight excluding hydrogens is 136 g/mol. The van der Waals surface area contributed by atoms with Gasteiger partial charge in [0, 0.05) is 0 Å². The van der Waals surface area contributed by atoms with Crippen LogP contribution in [-0.4, -0.2) is 11.2 Å². The second kappa shape index (κ2) is 3.91. The summed E-state index contributed by atoms with van der Waals surface area (Å²) in [4.78, 5) is 0. The largest absolute Gasteiger partial charge is 0.393 e. The van der Waals surface area contributed by atoms with Crippen LogP contribution in [0.25, 0.3) is 0 Å². The van der Waals surface area contributed by atoms with Gasteiger partial charge in [0.2, 0.25) is 0 Å². The molecule has 2 unspecified atom stereocenters. The summed E-state index contributed by atoms with van der Waals surface area (Å²) in [5, 5.41) is 9.16. The van der Waals surface area contributed by atoms with Crippen molar-refractivity contribution >= 4 is 0 Å². The zero-order chi connectivity index (χ0) is 8.27. The van der Waals surface area contributed by atoms with E-state index < -0.39 is 0 Å². The third kappa shape index (κ3) is 3.06. The van der Waals surface area contributed by atoms with Crippen LogP contribution in [0.2, 0.25) is 0 Å². The summed E-state index contributed by atoms with van der Waals surface area (Å²) >= 11 is 0. The molecule has 1 fully saturated rings. The molecule has 0 saturated heterocycles. The molecular formula is C10H18O. The van der Waals surface area contributed by atoms with Gasteiger partial charge in [-0.05, 0) is 44.9 Å². The van der Waals surface area contributed by atoms with Gasteiger partial charge in [0.15, 0.2) is 0 Å². The van der Waals surface area contributed by atoms with Crippen molar-refractivity contribution < 1.29 is 5.11 Å². The molecule has 2 atom stereocenters. The maximum Gasteiger partial charge on any atom is 0.0514 e. The molecule has 0 aromatic heterocycles. The summed E-state index contributed by atoms with van der Waals surface area (Å²) in [6.07, 6.45) is 5.73. The summed E-state index contributed by atoms with van der Waals surface area (Å²) in [6, 6.07) is 0.